The van der Waals surface area contributed by atoms with Crippen molar-refractivity contribution in [1.82, 2.24) is 9.97 Å². The van der Waals surface area contributed by atoms with Gasteiger partial charge in [-0.2, -0.15) is 10.2 Å². The number of nitrogens with one attached hydrogen (secondary N) is 2. The number of hydrogen-bond acceptors (Lipinski definition) is 6. The Bertz CT molecular complexity index is 1060. The fourth-order valence-electron chi connectivity index (χ4n) is 2.60. The molecule has 27 heavy (non-hydrogen) atoms. The molecule has 1 amide bonds. The number of benzene rings is 1. The van der Waals surface area contributed by atoms with E-state index in [4.69, 9.17) is 11.0 Å². The average Bonchev–Trinajstić information content (AvgIpc) is 3.06. The summed E-state index contributed by atoms with van der Waals surface area (Å²) >= 11 is 1.35. The number of H-pyrrole nitrogens is 1. The van der Waals surface area contributed by atoms with Crippen LogP contribution in [0.2, 0.25) is 0 Å². The molecule has 1 atom stereocenters. The van der Waals surface area contributed by atoms with Crippen molar-refractivity contribution in [2.45, 2.75) is 19.3 Å². The maximum Gasteiger partial charge on any atom is 0.346 e. The highest BCUT2D eigenvalue weighted by Crippen LogP contribution is 2.37. The minimum Gasteiger partial charge on any atom is -0.366 e. The number of hydrogen-bond donors (Lipinski definition) is 3. The molecular formula is C19H17N5O2S. The van der Waals surface area contributed by atoms with Crippen LogP contribution in [-0.4, -0.2) is 15.9 Å². The highest BCUT2D eigenvalue weighted by molar-refractivity contribution is 7.19. The molecule has 7 nitrogen and oxygen atoms in total. The summed E-state index contributed by atoms with van der Waals surface area (Å²) in [6.45, 7) is 2.01. The van der Waals surface area contributed by atoms with E-state index >= 15 is 0 Å². The van der Waals surface area contributed by atoms with Crippen molar-refractivity contribution in [1.29, 1.82) is 5.26 Å². The van der Waals surface area contributed by atoms with Gasteiger partial charge in [0.25, 0.3) is 5.91 Å². The zero-order valence-electron chi connectivity index (χ0n) is 14.5. The van der Waals surface area contributed by atoms with E-state index < -0.39 is 11.6 Å². The minimum absolute atomic E-state index is 0.160. The first-order chi connectivity index (χ1) is 13.0. The molecule has 2 heterocycles. The standard InChI is InChI=1S/C19H17N5O2S/c1-11(6-8-20)12-2-4-13(5-3-12)15-10-14(17(21)25)18(27-15)23-16-7-9-22-19(26)24-16/h2-5,7,9-11H,6H2,1H3,(H2,21,25)(H2,22,23,24,26). The third-order valence-corrected chi connectivity index (χ3v) is 5.17. The number of rotatable bonds is 6. The summed E-state index contributed by atoms with van der Waals surface area (Å²) in [5.41, 5.74) is 7.36. The Labute approximate surface area is 159 Å². The van der Waals surface area contributed by atoms with Crippen LogP contribution < -0.4 is 16.7 Å². The Hall–Kier alpha value is -3.44. The zero-order chi connectivity index (χ0) is 19.4. The number of nitrogens with two attached hydrogens (primary N) is 1. The van der Waals surface area contributed by atoms with Crippen molar-refractivity contribution in [3.05, 3.63) is 64.2 Å². The van der Waals surface area contributed by atoms with E-state index in [-0.39, 0.29) is 5.92 Å². The molecule has 1 aromatic carbocycles. The van der Waals surface area contributed by atoms with Crippen LogP contribution in [0.15, 0.2) is 47.4 Å². The highest BCUT2D eigenvalue weighted by atomic mass is 32.1. The quantitative estimate of drug-likeness (QED) is 0.606. The molecule has 2 aromatic heterocycles. The molecule has 0 saturated carbocycles. The lowest BCUT2D eigenvalue weighted by Gasteiger charge is -2.08. The summed E-state index contributed by atoms with van der Waals surface area (Å²) < 4.78 is 0. The van der Waals surface area contributed by atoms with Gasteiger partial charge in [-0.15, -0.1) is 11.3 Å². The van der Waals surface area contributed by atoms with E-state index in [1.807, 2.05) is 31.2 Å². The first-order valence-corrected chi connectivity index (χ1v) is 9.03. The summed E-state index contributed by atoms with van der Waals surface area (Å²) in [5.74, 6) is -0.0764. The molecule has 4 N–H and O–H groups in total. The number of nitriles is 1. The van der Waals surface area contributed by atoms with E-state index in [1.54, 1.807) is 12.1 Å². The maximum absolute atomic E-state index is 11.8. The molecule has 0 bridgehead atoms. The molecule has 0 fully saturated rings. The second-order valence-electron chi connectivity index (χ2n) is 6.01. The molecule has 0 spiro atoms. The highest BCUT2D eigenvalue weighted by Gasteiger charge is 2.16. The van der Waals surface area contributed by atoms with Gasteiger partial charge in [0.15, 0.2) is 0 Å². The minimum atomic E-state index is -0.566. The van der Waals surface area contributed by atoms with E-state index in [9.17, 15) is 9.59 Å². The van der Waals surface area contributed by atoms with E-state index in [2.05, 4.69) is 21.4 Å². The van der Waals surface area contributed by atoms with Gasteiger partial charge in [-0.05, 0) is 29.2 Å². The van der Waals surface area contributed by atoms with Gasteiger partial charge < -0.3 is 16.0 Å². The van der Waals surface area contributed by atoms with Gasteiger partial charge in [0.05, 0.1) is 11.6 Å². The van der Waals surface area contributed by atoms with E-state index in [1.165, 1.54) is 17.5 Å². The Morgan fingerprint density at radius 1 is 1.37 bits per heavy atom. The second kappa shape index (κ2) is 7.85. The van der Waals surface area contributed by atoms with Crippen molar-refractivity contribution in [3.8, 4) is 16.5 Å². The third-order valence-electron chi connectivity index (χ3n) is 4.07. The van der Waals surface area contributed by atoms with Crippen LogP contribution in [0.3, 0.4) is 0 Å². The van der Waals surface area contributed by atoms with Gasteiger partial charge in [0.2, 0.25) is 0 Å². The number of anilines is 2. The molecule has 0 aliphatic heterocycles. The van der Waals surface area contributed by atoms with Crippen LogP contribution in [0.4, 0.5) is 10.8 Å². The van der Waals surface area contributed by atoms with Gasteiger partial charge in [-0.25, -0.2) is 4.79 Å². The molecule has 1 unspecified atom stereocenters. The topological polar surface area (TPSA) is 125 Å². The van der Waals surface area contributed by atoms with Crippen LogP contribution in [0.1, 0.15) is 35.2 Å². The normalized spacial score (nSPS) is 11.6. The Morgan fingerprint density at radius 3 is 2.74 bits per heavy atom. The van der Waals surface area contributed by atoms with Gasteiger partial charge in [-0.3, -0.25) is 4.79 Å². The number of carbonyl (C=O) groups is 1. The zero-order valence-corrected chi connectivity index (χ0v) is 15.3. The largest absolute Gasteiger partial charge is 0.366 e. The molecular weight excluding hydrogens is 362 g/mol. The molecule has 0 radical (unpaired) electrons. The first-order valence-electron chi connectivity index (χ1n) is 8.21. The summed E-state index contributed by atoms with van der Waals surface area (Å²) in [6, 6.07) is 13.4. The summed E-state index contributed by atoms with van der Waals surface area (Å²) in [5, 5.41) is 12.3. The molecule has 3 aromatic rings. The summed E-state index contributed by atoms with van der Waals surface area (Å²) in [6.07, 6.45) is 1.93. The monoisotopic (exact) mass is 379 g/mol. The number of aromatic nitrogens is 2. The van der Waals surface area contributed by atoms with Crippen LogP contribution in [0.5, 0.6) is 0 Å². The number of thiophene rings is 1. The van der Waals surface area contributed by atoms with E-state index in [0.29, 0.717) is 22.8 Å². The fourth-order valence-corrected chi connectivity index (χ4v) is 3.67. The number of carbonyl (C=O) groups excluding carboxylic acids is 1. The predicted molar refractivity (Wildman–Crippen MR) is 105 cm³/mol. The number of primary amides is 1. The first kappa shape index (κ1) is 18.4. The predicted octanol–water partition coefficient (Wildman–Crippen LogP) is 3.36. The summed E-state index contributed by atoms with van der Waals surface area (Å²) in [7, 11) is 0. The Kier molecular flexibility index (Phi) is 5.33. The lowest BCUT2D eigenvalue weighted by molar-refractivity contribution is 0.100. The van der Waals surface area contributed by atoms with Crippen molar-refractivity contribution < 1.29 is 4.79 Å². The van der Waals surface area contributed by atoms with Crippen LogP contribution in [-0.2, 0) is 0 Å². The Balaban J connectivity index is 1.92. The number of aromatic amines is 1. The molecule has 8 heteroatoms. The van der Waals surface area contributed by atoms with Crippen LogP contribution in [0.25, 0.3) is 10.4 Å². The van der Waals surface area contributed by atoms with Crippen LogP contribution in [0, 0.1) is 11.3 Å². The molecule has 3 rings (SSSR count). The third kappa shape index (κ3) is 4.22. The lowest BCUT2D eigenvalue weighted by Crippen LogP contribution is -2.13. The number of amides is 1. The van der Waals surface area contributed by atoms with Crippen molar-refractivity contribution >= 4 is 28.1 Å². The SMILES string of the molecule is CC(CC#N)c1ccc(-c2cc(C(N)=O)c(Nc3cc[nH]c(=O)n3)s2)cc1. The van der Waals surface area contributed by atoms with E-state index in [0.717, 1.165) is 16.0 Å². The van der Waals surface area contributed by atoms with Crippen molar-refractivity contribution in [2.75, 3.05) is 5.32 Å². The van der Waals surface area contributed by atoms with Crippen molar-refractivity contribution in [2.24, 2.45) is 5.73 Å². The second-order valence-corrected chi connectivity index (χ2v) is 7.06. The molecule has 0 saturated heterocycles. The van der Waals surface area contributed by atoms with Crippen LogP contribution >= 0.6 is 11.3 Å². The van der Waals surface area contributed by atoms with Gasteiger partial charge in [0.1, 0.15) is 10.8 Å². The smallest absolute Gasteiger partial charge is 0.346 e. The summed E-state index contributed by atoms with van der Waals surface area (Å²) in [4.78, 5) is 30.2. The van der Waals surface area contributed by atoms with Gasteiger partial charge in [0, 0.05) is 17.5 Å². The lowest BCUT2D eigenvalue weighted by atomic mass is 9.97. The molecule has 0 aliphatic rings. The van der Waals surface area contributed by atoms with Gasteiger partial charge >= 0.3 is 5.69 Å². The maximum atomic E-state index is 11.8. The molecule has 136 valence electrons. The number of nitrogens with zero attached hydrogens (tertiary/aromatic N) is 2. The fraction of sp³-hybridized carbons (Fsp3) is 0.158. The molecule has 0 aliphatic carbocycles. The van der Waals surface area contributed by atoms with Gasteiger partial charge in [-0.1, -0.05) is 31.2 Å². The van der Waals surface area contributed by atoms with Crippen molar-refractivity contribution in [3.63, 3.8) is 0 Å². The Morgan fingerprint density at radius 2 is 2.11 bits per heavy atom. The average molecular weight is 379 g/mol.